The molecule has 5 heteroatoms. The van der Waals surface area contributed by atoms with Gasteiger partial charge in [-0.2, -0.15) is 13.2 Å². The molecule has 0 saturated heterocycles. The Labute approximate surface area is 96.7 Å². The van der Waals surface area contributed by atoms with Crippen molar-refractivity contribution in [2.24, 2.45) is 0 Å². The van der Waals surface area contributed by atoms with Crippen LogP contribution < -0.4 is 0 Å². The number of carbonyl (C=O) groups excluding carboxylic acids is 1. The van der Waals surface area contributed by atoms with Gasteiger partial charge in [-0.05, 0) is 6.92 Å². The number of carbonyl (C=O) groups is 1. The fourth-order valence-electron chi connectivity index (χ4n) is 1.16. The molecular formula is C12H11F3O2. The molecule has 0 aliphatic rings. The molecule has 0 radical (unpaired) electrons. The third-order valence-corrected chi connectivity index (χ3v) is 1.97. The Morgan fingerprint density at radius 2 is 1.82 bits per heavy atom. The predicted molar refractivity (Wildman–Crippen MR) is 56.1 cm³/mol. The zero-order chi connectivity index (χ0) is 13.1. The van der Waals surface area contributed by atoms with Crippen molar-refractivity contribution in [3.05, 3.63) is 48.0 Å². The molecule has 92 valence electrons. The predicted octanol–water partition coefficient (Wildman–Crippen LogP) is 3.41. The Hall–Kier alpha value is -1.78. The molecule has 0 aliphatic carbocycles. The molecule has 0 spiro atoms. The average molecular weight is 244 g/mol. The second kappa shape index (κ2) is 5.03. The maximum absolute atomic E-state index is 12.7. The first kappa shape index (κ1) is 13.3. The highest BCUT2D eigenvalue weighted by atomic mass is 19.4. The van der Waals surface area contributed by atoms with Crippen LogP contribution in [0.3, 0.4) is 0 Å². The SMILES string of the molecule is C=C(C)C(=O)OC(c1ccccc1)C(F)(F)F. The first-order chi connectivity index (χ1) is 7.82. The third kappa shape index (κ3) is 3.62. The quantitative estimate of drug-likeness (QED) is 0.601. The van der Waals surface area contributed by atoms with Crippen LogP contribution in [0, 0.1) is 0 Å². The van der Waals surface area contributed by atoms with Crippen molar-refractivity contribution in [2.45, 2.75) is 19.2 Å². The lowest BCUT2D eigenvalue weighted by Gasteiger charge is -2.20. The van der Waals surface area contributed by atoms with Crippen molar-refractivity contribution < 1.29 is 22.7 Å². The van der Waals surface area contributed by atoms with E-state index >= 15 is 0 Å². The molecule has 1 aromatic carbocycles. The van der Waals surface area contributed by atoms with Crippen molar-refractivity contribution >= 4 is 5.97 Å². The molecule has 0 heterocycles. The van der Waals surface area contributed by atoms with E-state index in [4.69, 9.17) is 0 Å². The first-order valence-corrected chi connectivity index (χ1v) is 4.80. The van der Waals surface area contributed by atoms with Crippen LogP contribution in [0.2, 0.25) is 0 Å². The molecule has 1 aromatic rings. The number of rotatable bonds is 3. The molecule has 1 unspecified atom stereocenters. The van der Waals surface area contributed by atoms with Crippen LogP contribution in [0.5, 0.6) is 0 Å². The normalized spacial score (nSPS) is 12.9. The number of ether oxygens (including phenoxy) is 1. The number of esters is 1. The summed E-state index contributed by atoms with van der Waals surface area (Å²) in [6.45, 7) is 4.53. The number of benzene rings is 1. The summed E-state index contributed by atoms with van der Waals surface area (Å²) in [6.07, 6.45) is -6.90. The van der Waals surface area contributed by atoms with E-state index in [1.54, 1.807) is 6.07 Å². The minimum Gasteiger partial charge on any atom is -0.444 e. The maximum atomic E-state index is 12.7. The molecule has 1 atom stereocenters. The lowest BCUT2D eigenvalue weighted by Crippen LogP contribution is -2.26. The standard InChI is InChI=1S/C12H11F3O2/c1-8(2)11(16)17-10(12(13,14)15)9-6-4-3-5-7-9/h3-7,10H,1H2,2H3. The van der Waals surface area contributed by atoms with E-state index in [-0.39, 0.29) is 11.1 Å². The van der Waals surface area contributed by atoms with Crippen LogP contribution in [0.25, 0.3) is 0 Å². The molecule has 2 nitrogen and oxygen atoms in total. The van der Waals surface area contributed by atoms with Gasteiger partial charge in [0.15, 0.2) is 0 Å². The number of halogens is 3. The summed E-state index contributed by atoms with van der Waals surface area (Å²) in [5.41, 5.74) is -0.190. The van der Waals surface area contributed by atoms with Crippen LogP contribution in [-0.2, 0) is 9.53 Å². The third-order valence-electron chi connectivity index (χ3n) is 1.97. The van der Waals surface area contributed by atoms with Crippen LogP contribution in [0.4, 0.5) is 13.2 Å². The van der Waals surface area contributed by atoms with Gasteiger partial charge in [0.25, 0.3) is 0 Å². The molecule has 0 saturated carbocycles. The highest BCUT2D eigenvalue weighted by Crippen LogP contribution is 2.36. The fraction of sp³-hybridized carbons (Fsp3) is 0.250. The number of hydrogen-bond acceptors (Lipinski definition) is 2. The Balaban J connectivity index is 2.98. The summed E-state index contributed by atoms with van der Waals surface area (Å²) in [7, 11) is 0. The Morgan fingerprint density at radius 3 is 2.24 bits per heavy atom. The van der Waals surface area contributed by atoms with Crippen LogP contribution >= 0.6 is 0 Å². The summed E-state index contributed by atoms with van der Waals surface area (Å²) < 4.78 is 42.6. The fourth-order valence-corrected chi connectivity index (χ4v) is 1.16. The van der Waals surface area contributed by atoms with E-state index in [1.165, 1.54) is 31.2 Å². The zero-order valence-electron chi connectivity index (χ0n) is 9.12. The minimum atomic E-state index is -4.65. The van der Waals surface area contributed by atoms with Gasteiger partial charge < -0.3 is 4.74 Å². The van der Waals surface area contributed by atoms with Crippen molar-refractivity contribution in [1.82, 2.24) is 0 Å². The second-order valence-electron chi connectivity index (χ2n) is 3.52. The van der Waals surface area contributed by atoms with Crippen molar-refractivity contribution in [2.75, 3.05) is 0 Å². The summed E-state index contributed by atoms with van der Waals surface area (Å²) in [5.74, 6) is -1.06. The topological polar surface area (TPSA) is 26.3 Å². The smallest absolute Gasteiger partial charge is 0.429 e. The van der Waals surface area contributed by atoms with Crippen LogP contribution in [0.15, 0.2) is 42.5 Å². The van der Waals surface area contributed by atoms with Gasteiger partial charge >= 0.3 is 12.1 Å². The summed E-state index contributed by atoms with van der Waals surface area (Å²) in [4.78, 5) is 11.2. The van der Waals surface area contributed by atoms with E-state index in [0.29, 0.717) is 0 Å². The van der Waals surface area contributed by atoms with E-state index in [2.05, 4.69) is 11.3 Å². The van der Waals surface area contributed by atoms with Gasteiger partial charge in [-0.1, -0.05) is 36.9 Å². The molecule has 1 rings (SSSR count). The summed E-state index contributed by atoms with van der Waals surface area (Å²) >= 11 is 0. The molecule has 0 N–H and O–H groups in total. The molecule has 0 aromatic heterocycles. The van der Waals surface area contributed by atoms with Gasteiger partial charge in [0.1, 0.15) is 0 Å². The number of alkyl halides is 3. The van der Waals surface area contributed by atoms with Gasteiger partial charge in [-0.15, -0.1) is 0 Å². The van der Waals surface area contributed by atoms with Crippen LogP contribution in [0.1, 0.15) is 18.6 Å². The molecule has 17 heavy (non-hydrogen) atoms. The summed E-state index contributed by atoms with van der Waals surface area (Å²) in [5, 5.41) is 0. The molecule has 0 bridgehead atoms. The lowest BCUT2D eigenvalue weighted by atomic mass is 10.1. The van der Waals surface area contributed by atoms with Crippen molar-refractivity contribution in [1.29, 1.82) is 0 Å². The minimum absolute atomic E-state index is 0.0739. The lowest BCUT2D eigenvalue weighted by molar-refractivity contribution is -0.221. The van der Waals surface area contributed by atoms with Gasteiger partial charge in [0.05, 0.1) is 0 Å². The highest BCUT2D eigenvalue weighted by molar-refractivity contribution is 5.87. The Bertz CT molecular complexity index is 410. The van der Waals surface area contributed by atoms with E-state index < -0.39 is 18.2 Å². The molecule has 0 aliphatic heterocycles. The monoisotopic (exact) mass is 244 g/mol. The van der Waals surface area contributed by atoms with Gasteiger partial charge in [0.2, 0.25) is 6.10 Å². The average Bonchev–Trinajstić information content (AvgIpc) is 2.25. The van der Waals surface area contributed by atoms with E-state index in [0.717, 1.165) is 0 Å². The molecule has 0 amide bonds. The highest BCUT2D eigenvalue weighted by Gasteiger charge is 2.44. The largest absolute Gasteiger partial charge is 0.444 e. The van der Waals surface area contributed by atoms with Crippen molar-refractivity contribution in [3.63, 3.8) is 0 Å². The maximum Gasteiger partial charge on any atom is 0.429 e. The van der Waals surface area contributed by atoms with Gasteiger partial charge in [-0.25, -0.2) is 4.79 Å². The van der Waals surface area contributed by atoms with Crippen LogP contribution in [-0.4, -0.2) is 12.1 Å². The number of hydrogen-bond donors (Lipinski definition) is 0. The van der Waals surface area contributed by atoms with Gasteiger partial charge in [0, 0.05) is 11.1 Å². The van der Waals surface area contributed by atoms with E-state index in [9.17, 15) is 18.0 Å². The first-order valence-electron chi connectivity index (χ1n) is 4.80. The summed E-state index contributed by atoms with van der Waals surface area (Å²) in [6, 6.07) is 6.98. The Morgan fingerprint density at radius 1 is 1.29 bits per heavy atom. The van der Waals surface area contributed by atoms with Gasteiger partial charge in [-0.3, -0.25) is 0 Å². The zero-order valence-corrected chi connectivity index (χ0v) is 9.12. The van der Waals surface area contributed by atoms with Crippen molar-refractivity contribution in [3.8, 4) is 0 Å². The molecular weight excluding hydrogens is 233 g/mol. The molecule has 0 fully saturated rings. The Kier molecular flexibility index (Phi) is 3.93. The van der Waals surface area contributed by atoms with E-state index in [1.807, 2.05) is 0 Å². The second-order valence-corrected chi connectivity index (χ2v) is 3.52.